The molecule has 0 bridgehead atoms. The number of halogens is 1. The molecule has 2 aromatic carbocycles. The van der Waals surface area contributed by atoms with Gasteiger partial charge >= 0.3 is 0 Å². The Morgan fingerprint density at radius 1 is 1.13 bits per heavy atom. The Morgan fingerprint density at radius 3 is 2.67 bits per heavy atom. The first kappa shape index (κ1) is 19.4. The fraction of sp³-hybridized carbons (Fsp3) is 0.308. The molecule has 2 heterocycles. The van der Waals surface area contributed by atoms with Crippen molar-refractivity contribution in [1.82, 2.24) is 0 Å². The van der Waals surface area contributed by atoms with Crippen LogP contribution in [0.1, 0.15) is 53.4 Å². The number of hydrogen-bond acceptors (Lipinski definition) is 3. The number of benzene rings is 2. The van der Waals surface area contributed by atoms with E-state index in [4.69, 9.17) is 4.74 Å². The first-order chi connectivity index (χ1) is 14.5. The number of ether oxygens (including phenoxy) is 1. The molecule has 1 N–H and O–H groups in total. The molecular weight excluding hydrogens is 395 g/mol. The Bertz CT molecular complexity index is 1090. The summed E-state index contributed by atoms with van der Waals surface area (Å²) < 4.78 is 19.3. The predicted molar refractivity (Wildman–Crippen MR) is 119 cm³/mol. The minimum absolute atomic E-state index is 0.0112. The standard InChI is InChI=1S/C26H25FO2S/c1-17-2-3-19(24-15-26(10-11-26)14-22(16-28)29-24)12-20(17)13-23-8-9-25(30-23)18-4-6-21(27)7-5-18/h2-9,12,16,24,28H,10-11,13-15H2,1H3/b22-16-/t24-/m1/s1. The van der Waals surface area contributed by atoms with E-state index in [1.54, 1.807) is 11.3 Å². The third kappa shape index (κ3) is 3.89. The van der Waals surface area contributed by atoms with Crippen LogP contribution < -0.4 is 0 Å². The zero-order valence-electron chi connectivity index (χ0n) is 17.0. The van der Waals surface area contributed by atoms with Gasteiger partial charge in [-0.2, -0.15) is 0 Å². The Balaban J connectivity index is 1.37. The summed E-state index contributed by atoms with van der Waals surface area (Å²) in [5, 5.41) is 9.51. The first-order valence-electron chi connectivity index (χ1n) is 10.5. The van der Waals surface area contributed by atoms with Gasteiger partial charge in [-0.25, -0.2) is 4.39 Å². The van der Waals surface area contributed by atoms with Crippen LogP contribution in [0.25, 0.3) is 10.4 Å². The maximum atomic E-state index is 13.2. The van der Waals surface area contributed by atoms with Gasteiger partial charge in [0.25, 0.3) is 0 Å². The largest absolute Gasteiger partial charge is 0.512 e. The smallest absolute Gasteiger partial charge is 0.132 e. The molecule has 5 rings (SSSR count). The van der Waals surface area contributed by atoms with Gasteiger partial charge in [-0.05, 0) is 78.1 Å². The van der Waals surface area contributed by atoms with Crippen molar-refractivity contribution in [3.05, 3.63) is 94.0 Å². The Hall–Kier alpha value is -2.59. The summed E-state index contributed by atoms with van der Waals surface area (Å²) >= 11 is 1.75. The molecular formula is C26H25FO2S. The fourth-order valence-electron chi connectivity index (χ4n) is 4.43. The van der Waals surface area contributed by atoms with E-state index in [0.717, 1.165) is 36.0 Å². The van der Waals surface area contributed by atoms with Gasteiger partial charge in [0.05, 0.1) is 0 Å². The third-order valence-electron chi connectivity index (χ3n) is 6.46. The summed E-state index contributed by atoms with van der Waals surface area (Å²) in [6, 6.07) is 17.6. The molecule has 2 fully saturated rings. The summed E-state index contributed by atoms with van der Waals surface area (Å²) in [7, 11) is 0. The van der Waals surface area contributed by atoms with Crippen LogP contribution in [-0.2, 0) is 11.2 Å². The van der Waals surface area contributed by atoms with Crippen molar-refractivity contribution in [2.45, 2.75) is 45.1 Å². The molecule has 4 heteroatoms. The molecule has 0 amide bonds. The highest BCUT2D eigenvalue weighted by molar-refractivity contribution is 7.15. The van der Waals surface area contributed by atoms with Gasteiger partial charge in [-0.15, -0.1) is 11.3 Å². The van der Waals surface area contributed by atoms with Crippen LogP contribution >= 0.6 is 11.3 Å². The zero-order valence-corrected chi connectivity index (χ0v) is 17.8. The highest BCUT2D eigenvalue weighted by atomic mass is 32.1. The molecule has 1 spiro atoms. The Labute approximate surface area is 180 Å². The van der Waals surface area contributed by atoms with E-state index in [2.05, 4.69) is 37.3 Å². The van der Waals surface area contributed by atoms with Crippen LogP contribution in [0.3, 0.4) is 0 Å². The predicted octanol–water partition coefficient (Wildman–Crippen LogP) is 7.48. The third-order valence-corrected chi connectivity index (χ3v) is 7.60. The topological polar surface area (TPSA) is 29.5 Å². The van der Waals surface area contributed by atoms with E-state index in [0.29, 0.717) is 11.2 Å². The number of aliphatic hydroxyl groups is 1. The summed E-state index contributed by atoms with van der Waals surface area (Å²) in [6.45, 7) is 2.15. The van der Waals surface area contributed by atoms with Gasteiger partial charge in [-0.3, -0.25) is 0 Å². The average molecular weight is 421 g/mol. The lowest BCUT2D eigenvalue weighted by atomic mass is 9.87. The average Bonchev–Trinajstić information content (AvgIpc) is 3.32. The van der Waals surface area contributed by atoms with Gasteiger partial charge in [-0.1, -0.05) is 30.3 Å². The van der Waals surface area contributed by atoms with Crippen LogP contribution in [-0.4, -0.2) is 5.11 Å². The second kappa shape index (κ2) is 7.59. The number of rotatable bonds is 4. The molecule has 0 unspecified atom stereocenters. The lowest BCUT2D eigenvalue weighted by molar-refractivity contribution is 0.0324. The van der Waals surface area contributed by atoms with Gasteiger partial charge in [0.2, 0.25) is 0 Å². The summed E-state index contributed by atoms with van der Waals surface area (Å²) in [5.41, 5.74) is 5.14. The second-order valence-corrected chi connectivity index (χ2v) is 9.89. The number of aryl methyl sites for hydroxylation is 1. The van der Waals surface area contributed by atoms with E-state index in [1.807, 2.05) is 12.1 Å². The van der Waals surface area contributed by atoms with Crippen molar-refractivity contribution in [2.75, 3.05) is 0 Å². The van der Waals surface area contributed by atoms with Gasteiger partial charge in [0, 0.05) is 22.6 Å². The van der Waals surface area contributed by atoms with E-state index < -0.39 is 0 Å². The van der Waals surface area contributed by atoms with Crippen molar-refractivity contribution in [3.63, 3.8) is 0 Å². The summed E-state index contributed by atoms with van der Waals surface area (Å²) in [4.78, 5) is 2.44. The zero-order chi connectivity index (χ0) is 20.7. The molecule has 3 aromatic rings. The maximum absolute atomic E-state index is 13.2. The number of aliphatic hydroxyl groups excluding tert-OH is 1. The minimum atomic E-state index is -0.208. The second-order valence-electron chi connectivity index (χ2n) is 8.72. The van der Waals surface area contributed by atoms with Gasteiger partial charge < -0.3 is 9.84 Å². The molecule has 154 valence electrons. The van der Waals surface area contributed by atoms with Crippen LogP contribution in [0.2, 0.25) is 0 Å². The molecule has 1 aliphatic carbocycles. The molecule has 1 aliphatic heterocycles. The molecule has 30 heavy (non-hydrogen) atoms. The van der Waals surface area contributed by atoms with Crippen LogP contribution in [0.4, 0.5) is 4.39 Å². The lowest BCUT2D eigenvalue weighted by Gasteiger charge is -2.32. The van der Waals surface area contributed by atoms with E-state index in [-0.39, 0.29) is 11.9 Å². The van der Waals surface area contributed by atoms with E-state index >= 15 is 0 Å². The number of hydrogen-bond donors (Lipinski definition) is 1. The quantitative estimate of drug-likeness (QED) is 0.443. The first-order valence-corrected chi connectivity index (χ1v) is 11.3. The SMILES string of the molecule is Cc1ccc([C@H]2CC3(CC3)C/C(=C/O)O2)cc1Cc1ccc(-c2ccc(F)cc2)s1. The molecule has 1 saturated heterocycles. The number of thiophene rings is 1. The highest BCUT2D eigenvalue weighted by Gasteiger charge is 2.49. The van der Waals surface area contributed by atoms with E-state index in [9.17, 15) is 9.50 Å². The molecule has 1 atom stereocenters. The van der Waals surface area contributed by atoms with Crippen molar-refractivity contribution in [2.24, 2.45) is 5.41 Å². The molecule has 0 radical (unpaired) electrons. The lowest BCUT2D eigenvalue weighted by Crippen LogP contribution is -2.19. The summed E-state index contributed by atoms with van der Waals surface area (Å²) in [6.07, 6.45) is 6.36. The molecule has 1 aromatic heterocycles. The van der Waals surface area contributed by atoms with E-state index in [1.165, 1.54) is 46.5 Å². The van der Waals surface area contributed by atoms with Gasteiger partial charge in [0.1, 0.15) is 23.9 Å². The monoisotopic (exact) mass is 420 g/mol. The maximum Gasteiger partial charge on any atom is 0.132 e. The van der Waals surface area contributed by atoms with Crippen LogP contribution in [0.5, 0.6) is 0 Å². The molecule has 1 saturated carbocycles. The minimum Gasteiger partial charge on any atom is -0.512 e. The molecule has 2 aliphatic rings. The Kier molecular flexibility index (Phi) is 4.90. The van der Waals surface area contributed by atoms with Crippen molar-refractivity contribution in [3.8, 4) is 10.4 Å². The Morgan fingerprint density at radius 2 is 1.93 bits per heavy atom. The highest BCUT2D eigenvalue weighted by Crippen LogP contribution is 2.59. The van der Waals surface area contributed by atoms with Crippen molar-refractivity contribution < 1.29 is 14.2 Å². The fourth-order valence-corrected chi connectivity index (χ4v) is 5.47. The van der Waals surface area contributed by atoms with Crippen molar-refractivity contribution >= 4 is 11.3 Å². The van der Waals surface area contributed by atoms with Crippen LogP contribution in [0.15, 0.2) is 66.6 Å². The normalized spacial score (nSPS) is 21.0. The number of allylic oxidation sites excluding steroid dienone is 1. The summed E-state index contributed by atoms with van der Waals surface area (Å²) in [5.74, 6) is 0.508. The van der Waals surface area contributed by atoms with Crippen LogP contribution in [0, 0.1) is 18.2 Å². The van der Waals surface area contributed by atoms with Gasteiger partial charge in [0.15, 0.2) is 0 Å². The van der Waals surface area contributed by atoms with Crippen molar-refractivity contribution in [1.29, 1.82) is 0 Å². The molecule has 2 nitrogen and oxygen atoms in total.